The van der Waals surface area contributed by atoms with Crippen LogP contribution in [0.1, 0.15) is 41.1 Å². The standard InChI is InChI=1S/C17H21N3O5S2/c1-11-17(12(2)20(18-11)16-7-8-26(22,23)10-16)27(24,25)19-15-6-4-5-14(9-15)13(3)21/h4-6,9,16,19H,7-8,10H2,1-3H3/t16-/m1/s1. The number of aromatic nitrogens is 2. The van der Waals surface area contributed by atoms with Gasteiger partial charge in [-0.1, -0.05) is 12.1 Å². The molecule has 2 aromatic rings. The average Bonchev–Trinajstić information content (AvgIpc) is 3.06. The van der Waals surface area contributed by atoms with E-state index < -0.39 is 19.9 Å². The lowest BCUT2D eigenvalue weighted by atomic mass is 10.1. The second-order valence-electron chi connectivity index (χ2n) is 6.74. The second-order valence-corrected chi connectivity index (χ2v) is 10.6. The zero-order valence-electron chi connectivity index (χ0n) is 15.3. The van der Waals surface area contributed by atoms with Crippen LogP contribution in [0.3, 0.4) is 0 Å². The summed E-state index contributed by atoms with van der Waals surface area (Å²) in [6, 6.07) is 5.87. The van der Waals surface area contributed by atoms with Crippen molar-refractivity contribution in [1.82, 2.24) is 9.78 Å². The Hall–Kier alpha value is -2.20. The van der Waals surface area contributed by atoms with Gasteiger partial charge in [0.1, 0.15) is 4.90 Å². The third kappa shape index (κ3) is 3.91. The molecule has 27 heavy (non-hydrogen) atoms. The number of hydrogen-bond donors (Lipinski definition) is 1. The summed E-state index contributed by atoms with van der Waals surface area (Å²) in [6.45, 7) is 4.60. The van der Waals surface area contributed by atoms with Gasteiger partial charge < -0.3 is 0 Å². The minimum atomic E-state index is -3.95. The minimum Gasteiger partial charge on any atom is -0.295 e. The Balaban J connectivity index is 1.96. The molecule has 0 radical (unpaired) electrons. The number of benzene rings is 1. The molecule has 0 amide bonds. The molecule has 1 aromatic carbocycles. The van der Waals surface area contributed by atoms with Crippen molar-refractivity contribution in [3.8, 4) is 0 Å². The largest absolute Gasteiger partial charge is 0.295 e. The van der Waals surface area contributed by atoms with Crippen molar-refractivity contribution in [3.63, 3.8) is 0 Å². The number of sulfonamides is 1. The van der Waals surface area contributed by atoms with Gasteiger partial charge in [0, 0.05) is 11.3 Å². The number of carbonyl (C=O) groups is 1. The third-order valence-corrected chi connectivity index (χ3v) is 7.99. The van der Waals surface area contributed by atoms with Gasteiger partial charge in [-0.15, -0.1) is 0 Å². The molecule has 8 nitrogen and oxygen atoms in total. The van der Waals surface area contributed by atoms with E-state index in [1.165, 1.54) is 17.7 Å². The van der Waals surface area contributed by atoms with Crippen molar-refractivity contribution in [2.24, 2.45) is 0 Å². The molecule has 0 bridgehead atoms. The number of carbonyl (C=O) groups excluding carboxylic acids is 1. The van der Waals surface area contributed by atoms with Gasteiger partial charge in [0.05, 0.1) is 28.9 Å². The van der Waals surface area contributed by atoms with Gasteiger partial charge in [0.15, 0.2) is 15.6 Å². The minimum absolute atomic E-state index is 0.0278. The number of aryl methyl sites for hydroxylation is 1. The Kier molecular flexibility index (Phi) is 4.89. The quantitative estimate of drug-likeness (QED) is 0.751. The van der Waals surface area contributed by atoms with Gasteiger partial charge in [-0.2, -0.15) is 5.10 Å². The predicted molar refractivity (Wildman–Crippen MR) is 101 cm³/mol. The highest BCUT2D eigenvalue weighted by Gasteiger charge is 2.33. The highest BCUT2D eigenvalue weighted by Crippen LogP contribution is 2.29. The van der Waals surface area contributed by atoms with Crippen LogP contribution in [0.4, 0.5) is 5.69 Å². The Labute approximate surface area is 158 Å². The third-order valence-electron chi connectivity index (χ3n) is 4.60. The zero-order valence-corrected chi connectivity index (χ0v) is 16.9. The van der Waals surface area contributed by atoms with E-state index >= 15 is 0 Å². The number of nitrogens with zero attached hydrogens (tertiary/aromatic N) is 2. The first-order valence-corrected chi connectivity index (χ1v) is 11.7. The van der Waals surface area contributed by atoms with E-state index in [4.69, 9.17) is 0 Å². The van der Waals surface area contributed by atoms with Gasteiger partial charge in [-0.05, 0) is 39.3 Å². The fourth-order valence-corrected chi connectivity index (χ4v) is 6.51. The summed E-state index contributed by atoms with van der Waals surface area (Å²) in [6.07, 6.45) is 0.415. The Morgan fingerprint density at radius 3 is 2.59 bits per heavy atom. The van der Waals surface area contributed by atoms with Crippen LogP contribution in [0.5, 0.6) is 0 Å². The van der Waals surface area contributed by atoms with Gasteiger partial charge in [0.25, 0.3) is 10.0 Å². The van der Waals surface area contributed by atoms with Crippen molar-refractivity contribution in [2.45, 2.75) is 38.1 Å². The lowest BCUT2D eigenvalue weighted by Gasteiger charge is -2.12. The molecule has 1 saturated heterocycles. The van der Waals surface area contributed by atoms with E-state index in [0.717, 1.165) is 0 Å². The molecule has 0 aliphatic carbocycles. The molecule has 0 saturated carbocycles. The monoisotopic (exact) mass is 411 g/mol. The number of hydrogen-bond acceptors (Lipinski definition) is 6. The van der Waals surface area contributed by atoms with Crippen molar-refractivity contribution in [2.75, 3.05) is 16.2 Å². The van der Waals surface area contributed by atoms with Gasteiger partial charge in [-0.25, -0.2) is 16.8 Å². The number of Topliss-reactive ketones (excluding diaryl/α,β-unsaturated/α-hetero) is 1. The van der Waals surface area contributed by atoms with E-state index in [1.807, 2.05) is 0 Å². The summed E-state index contributed by atoms with van der Waals surface area (Å²) >= 11 is 0. The first kappa shape index (κ1) is 19.6. The van der Waals surface area contributed by atoms with E-state index in [1.54, 1.807) is 32.0 Å². The molecule has 1 aliphatic heterocycles. The molecule has 1 aliphatic rings. The van der Waals surface area contributed by atoms with E-state index in [2.05, 4.69) is 9.82 Å². The fraction of sp³-hybridized carbons (Fsp3) is 0.412. The molecule has 0 spiro atoms. The van der Waals surface area contributed by atoms with Crippen LogP contribution < -0.4 is 4.72 Å². The summed E-state index contributed by atoms with van der Waals surface area (Å²) in [7, 11) is -7.07. The second kappa shape index (κ2) is 6.75. The molecule has 1 aromatic heterocycles. The maximum Gasteiger partial charge on any atom is 0.265 e. The van der Waals surface area contributed by atoms with Crippen LogP contribution in [0.25, 0.3) is 0 Å². The Morgan fingerprint density at radius 2 is 2.00 bits per heavy atom. The van der Waals surface area contributed by atoms with Crippen LogP contribution in [0.2, 0.25) is 0 Å². The lowest BCUT2D eigenvalue weighted by Crippen LogP contribution is -2.17. The Bertz CT molecular complexity index is 1120. The number of nitrogens with one attached hydrogen (secondary N) is 1. The summed E-state index contributed by atoms with van der Waals surface area (Å²) in [4.78, 5) is 11.5. The zero-order chi connectivity index (χ0) is 20.0. The first-order chi connectivity index (χ1) is 12.5. The fourth-order valence-electron chi connectivity index (χ4n) is 3.37. The van der Waals surface area contributed by atoms with Gasteiger partial charge >= 0.3 is 0 Å². The topological polar surface area (TPSA) is 115 Å². The highest BCUT2D eigenvalue weighted by molar-refractivity contribution is 7.92. The van der Waals surface area contributed by atoms with Crippen molar-refractivity contribution in [1.29, 1.82) is 0 Å². The molecular formula is C17H21N3O5S2. The molecule has 10 heteroatoms. The maximum absolute atomic E-state index is 12.9. The van der Waals surface area contributed by atoms with Crippen LogP contribution in [0, 0.1) is 13.8 Å². The summed E-state index contributed by atoms with van der Waals surface area (Å²) in [5.74, 6) is -0.129. The van der Waals surface area contributed by atoms with Crippen molar-refractivity contribution >= 4 is 31.3 Å². The molecule has 2 heterocycles. The summed E-state index contributed by atoms with van der Waals surface area (Å²) < 4.78 is 53.3. The molecule has 1 N–H and O–H groups in total. The number of anilines is 1. The highest BCUT2D eigenvalue weighted by atomic mass is 32.2. The SMILES string of the molecule is CC(=O)c1cccc(NS(=O)(=O)c2c(C)nn([C@@H]3CCS(=O)(=O)C3)c2C)c1. The normalized spacial score (nSPS) is 19.1. The predicted octanol–water partition coefficient (Wildman–Crippen LogP) is 1.86. The van der Waals surface area contributed by atoms with E-state index in [9.17, 15) is 21.6 Å². The average molecular weight is 412 g/mol. The molecule has 0 unspecified atom stereocenters. The van der Waals surface area contributed by atoms with E-state index in [0.29, 0.717) is 23.4 Å². The van der Waals surface area contributed by atoms with E-state index in [-0.39, 0.29) is 33.9 Å². The summed E-state index contributed by atoms with van der Waals surface area (Å²) in [5, 5.41) is 4.29. The first-order valence-electron chi connectivity index (χ1n) is 8.40. The van der Waals surface area contributed by atoms with Crippen molar-refractivity contribution < 1.29 is 21.6 Å². The molecule has 1 fully saturated rings. The maximum atomic E-state index is 12.9. The number of rotatable bonds is 5. The van der Waals surface area contributed by atoms with Gasteiger partial charge in [0.2, 0.25) is 0 Å². The smallest absolute Gasteiger partial charge is 0.265 e. The van der Waals surface area contributed by atoms with Crippen LogP contribution in [0.15, 0.2) is 29.2 Å². The molecular weight excluding hydrogens is 390 g/mol. The van der Waals surface area contributed by atoms with Crippen LogP contribution in [-0.2, 0) is 19.9 Å². The van der Waals surface area contributed by atoms with Crippen LogP contribution >= 0.6 is 0 Å². The molecule has 146 valence electrons. The lowest BCUT2D eigenvalue weighted by molar-refractivity contribution is 0.101. The molecule has 1 atom stereocenters. The molecule has 3 rings (SSSR count). The Morgan fingerprint density at radius 1 is 1.30 bits per heavy atom. The van der Waals surface area contributed by atoms with Crippen molar-refractivity contribution in [3.05, 3.63) is 41.2 Å². The van der Waals surface area contributed by atoms with Crippen LogP contribution in [-0.4, -0.2) is 43.9 Å². The summed E-state index contributed by atoms with van der Waals surface area (Å²) in [5.41, 5.74) is 1.37. The number of sulfone groups is 1. The number of ketones is 1. The van der Waals surface area contributed by atoms with Gasteiger partial charge in [-0.3, -0.25) is 14.2 Å².